The third kappa shape index (κ3) is 5.87. The highest BCUT2D eigenvalue weighted by Crippen LogP contribution is 2.23. The third-order valence-electron chi connectivity index (χ3n) is 6.65. The maximum absolute atomic E-state index is 13.8. The first kappa shape index (κ1) is 22.3. The van der Waals surface area contributed by atoms with Gasteiger partial charge in [0.15, 0.2) is 0 Å². The summed E-state index contributed by atoms with van der Waals surface area (Å²) in [5.74, 6) is 0.395. The average molecular weight is 438 g/mol. The number of urea groups is 1. The molecule has 2 aliphatic rings. The van der Waals surface area contributed by atoms with Crippen LogP contribution in [0.3, 0.4) is 0 Å². The largest absolute Gasteiger partial charge is 0.343 e. The fourth-order valence-corrected chi connectivity index (χ4v) is 4.65. The van der Waals surface area contributed by atoms with Gasteiger partial charge in [-0.1, -0.05) is 36.4 Å². The number of carbonyl (C=O) groups excluding carboxylic acids is 2. The molecule has 2 saturated heterocycles. The normalized spacial score (nSPS) is 16.9. The van der Waals surface area contributed by atoms with E-state index < -0.39 is 5.82 Å². The number of nitrogens with one attached hydrogen (secondary N) is 1. The van der Waals surface area contributed by atoms with E-state index in [9.17, 15) is 14.0 Å². The smallest absolute Gasteiger partial charge is 0.321 e. The zero-order valence-corrected chi connectivity index (χ0v) is 18.6. The second kappa shape index (κ2) is 10.6. The highest BCUT2D eigenvalue weighted by atomic mass is 19.1. The van der Waals surface area contributed by atoms with Gasteiger partial charge in [-0.15, -0.1) is 0 Å². The molecule has 0 radical (unpaired) electrons. The number of para-hydroxylation sites is 1. The molecule has 0 unspecified atom stereocenters. The van der Waals surface area contributed by atoms with Gasteiger partial charge >= 0.3 is 6.03 Å². The molecule has 0 saturated carbocycles. The SMILES string of the molecule is O=C(CCc1ccc(CC2CCN(C(=O)Nc3ccccc3F)CC2)cc1)N1CCCC1. The lowest BCUT2D eigenvalue weighted by molar-refractivity contribution is -0.130. The molecule has 2 aromatic carbocycles. The molecule has 0 aliphatic carbocycles. The standard InChI is InChI=1S/C26H32FN3O2/c27-23-5-1-2-6-24(23)28-26(32)30-17-13-22(14-18-30)19-21-9-7-20(8-10-21)11-12-25(31)29-15-3-4-16-29/h1-2,5-10,22H,3-4,11-19H2,(H,28,32). The highest BCUT2D eigenvalue weighted by Gasteiger charge is 2.23. The Hall–Kier alpha value is -2.89. The second-order valence-electron chi connectivity index (χ2n) is 8.95. The molecule has 0 atom stereocenters. The molecular weight excluding hydrogens is 405 g/mol. The molecule has 0 spiro atoms. The Kier molecular flexibility index (Phi) is 7.40. The minimum atomic E-state index is -0.417. The summed E-state index contributed by atoms with van der Waals surface area (Å²) in [4.78, 5) is 28.4. The van der Waals surface area contributed by atoms with E-state index in [-0.39, 0.29) is 17.6 Å². The molecule has 0 bridgehead atoms. The minimum absolute atomic E-state index is 0.224. The maximum Gasteiger partial charge on any atom is 0.321 e. The summed E-state index contributed by atoms with van der Waals surface area (Å²) in [6, 6.07) is 14.6. The van der Waals surface area contributed by atoms with Crippen molar-refractivity contribution in [3.8, 4) is 0 Å². The highest BCUT2D eigenvalue weighted by molar-refractivity contribution is 5.89. The van der Waals surface area contributed by atoms with Crippen LogP contribution in [0.4, 0.5) is 14.9 Å². The topological polar surface area (TPSA) is 52.7 Å². The summed E-state index contributed by atoms with van der Waals surface area (Å²) < 4.78 is 13.8. The summed E-state index contributed by atoms with van der Waals surface area (Å²) in [5.41, 5.74) is 2.73. The van der Waals surface area contributed by atoms with Crippen molar-refractivity contribution in [2.24, 2.45) is 5.92 Å². The summed E-state index contributed by atoms with van der Waals surface area (Å²) in [6.07, 6.45) is 6.53. The zero-order chi connectivity index (χ0) is 22.3. The number of nitrogens with zero attached hydrogens (tertiary/aromatic N) is 2. The van der Waals surface area contributed by atoms with Gasteiger partial charge in [-0.2, -0.15) is 0 Å². The van der Waals surface area contributed by atoms with Crippen LogP contribution in [0.1, 0.15) is 43.2 Å². The molecule has 4 rings (SSSR count). The second-order valence-corrected chi connectivity index (χ2v) is 8.95. The van der Waals surface area contributed by atoms with Crippen LogP contribution in [0, 0.1) is 11.7 Å². The Labute approximate surface area is 189 Å². The molecule has 5 nitrogen and oxygen atoms in total. The van der Waals surface area contributed by atoms with Crippen molar-refractivity contribution in [2.45, 2.75) is 44.9 Å². The van der Waals surface area contributed by atoms with Crippen LogP contribution in [0.2, 0.25) is 0 Å². The van der Waals surface area contributed by atoms with Gasteiger partial charge in [0.25, 0.3) is 0 Å². The van der Waals surface area contributed by atoms with E-state index in [1.54, 1.807) is 23.1 Å². The predicted molar refractivity (Wildman–Crippen MR) is 124 cm³/mol. The van der Waals surface area contributed by atoms with Gasteiger partial charge in [-0.3, -0.25) is 4.79 Å². The van der Waals surface area contributed by atoms with Crippen molar-refractivity contribution >= 4 is 17.6 Å². The monoisotopic (exact) mass is 437 g/mol. The van der Waals surface area contributed by atoms with Crippen molar-refractivity contribution in [2.75, 3.05) is 31.5 Å². The Balaban J connectivity index is 1.20. The fourth-order valence-electron chi connectivity index (χ4n) is 4.65. The predicted octanol–water partition coefficient (Wildman–Crippen LogP) is 4.87. The van der Waals surface area contributed by atoms with Crippen LogP contribution in [0.15, 0.2) is 48.5 Å². The van der Waals surface area contributed by atoms with Crippen LogP contribution >= 0.6 is 0 Å². The Morgan fingerprint density at radius 2 is 1.53 bits per heavy atom. The zero-order valence-electron chi connectivity index (χ0n) is 18.6. The van der Waals surface area contributed by atoms with Gasteiger partial charge in [-0.05, 0) is 67.7 Å². The molecule has 2 heterocycles. The molecule has 170 valence electrons. The lowest BCUT2D eigenvalue weighted by Crippen LogP contribution is -2.41. The fraction of sp³-hybridized carbons (Fsp3) is 0.462. The minimum Gasteiger partial charge on any atom is -0.343 e. The molecular formula is C26H32FN3O2. The number of carbonyl (C=O) groups is 2. The van der Waals surface area contributed by atoms with Crippen LogP contribution in [0.25, 0.3) is 0 Å². The number of benzene rings is 2. The summed E-state index contributed by atoms with van der Waals surface area (Å²) in [5, 5.41) is 2.67. The number of amides is 3. The van der Waals surface area contributed by atoms with E-state index in [0.717, 1.165) is 51.6 Å². The Morgan fingerprint density at radius 1 is 0.875 bits per heavy atom. The maximum atomic E-state index is 13.8. The molecule has 2 aromatic rings. The van der Waals surface area contributed by atoms with Crippen LogP contribution < -0.4 is 5.32 Å². The number of rotatable bonds is 6. The number of aryl methyl sites for hydroxylation is 1. The number of hydrogen-bond acceptors (Lipinski definition) is 2. The van der Waals surface area contributed by atoms with Crippen LogP contribution in [0.5, 0.6) is 0 Å². The van der Waals surface area contributed by atoms with Crippen molar-refractivity contribution in [1.82, 2.24) is 9.80 Å². The van der Waals surface area contributed by atoms with E-state index in [2.05, 4.69) is 29.6 Å². The number of likely N-dealkylation sites (tertiary alicyclic amines) is 2. The van der Waals surface area contributed by atoms with Gasteiger partial charge < -0.3 is 15.1 Å². The van der Waals surface area contributed by atoms with E-state index in [0.29, 0.717) is 25.4 Å². The number of hydrogen-bond donors (Lipinski definition) is 1. The lowest BCUT2D eigenvalue weighted by atomic mass is 9.90. The first-order chi connectivity index (χ1) is 15.6. The molecule has 3 amide bonds. The summed E-state index contributed by atoms with van der Waals surface area (Å²) in [6.45, 7) is 3.20. The molecule has 2 aliphatic heterocycles. The number of piperidine rings is 1. The molecule has 32 heavy (non-hydrogen) atoms. The Morgan fingerprint density at radius 3 is 2.22 bits per heavy atom. The van der Waals surface area contributed by atoms with E-state index in [1.807, 2.05) is 4.90 Å². The molecule has 0 aromatic heterocycles. The Bertz CT molecular complexity index is 917. The molecule has 1 N–H and O–H groups in total. The van der Waals surface area contributed by atoms with Gasteiger partial charge in [0, 0.05) is 32.6 Å². The van der Waals surface area contributed by atoms with Crippen LogP contribution in [-0.2, 0) is 17.6 Å². The number of anilines is 1. The molecule has 2 fully saturated rings. The lowest BCUT2D eigenvalue weighted by Gasteiger charge is -2.32. The van der Waals surface area contributed by atoms with E-state index in [1.165, 1.54) is 17.2 Å². The van der Waals surface area contributed by atoms with Crippen molar-refractivity contribution in [3.63, 3.8) is 0 Å². The van der Waals surface area contributed by atoms with Crippen molar-refractivity contribution in [3.05, 3.63) is 65.5 Å². The van der Waals surface area contributed by atoms with E-state index in [4.69, 9.17) is 0 Å². The summed E-state index contributed by atoms with van der Waals surface area (Å²) in [7, 11) is 0. The quantitative estimate of drug-likeness (QED) is 0.701. The van der Waals surface area contributed by atoms with Crippen LogP contribution in [-0.4, -0.2) is 47.9 Å². The molecule has 6 heteroatoms. The number of halogens is 1. The summed E-state index contributed by atoms with van der Waals surface area (Å²) >= 11 is 0. The van der Waals surface area contributed by atoms with Gasteiger partial charge in [-0.25, -0.2) is 9.18 Å². The average Bonchev–Trinajstić information content (AvgIpc) is 3.36. The van der Waals surface area contributed by atoms with Gasteiger partial charge in [0.05, 0.1) is 5.69 Å². The third-order valence-corrected chi connectivity index (χ3v) is 6.65. The van der Waals surface area contributed by atoms with E-state index >= 15 is 0 Å². The van der Waals surface area contributed by atoms with Crippen molar-refractivity contribution in [1.29, 1.82) is 0 Å². The van der Waals surface area contributed by atoms with Gasteiger partial charge in [0.1, 0.15) is 5.82 Å². The first-order valence-electron chi connectivity index (χ1n) is 11.7. The first-order valence-corrected chi connectivity index (χ1v) is 11.7. The van der Waals surface area contributed by atoms with Gasteiger partial charge in [0.2, 0.25) is 5.91 Å². The van der Waals surface area contributed by atoms with Crippen molar-refractivity contribution < 1.29 is 14.0 Å².